The van der Waals surface area contributed by atoms with Crippen LogP contribution in [0.15, 0.2) is 72.9 Å². The molecule has 0 amide bonds. The summed E-state index contributed by atoms with van der Waals surface area (Å²) >= 11 is 5.79. The maximum absolute atomic E-state index is 14.1. The lowest BCUT2D eigenvalue weighted by Crippen LogP contribution is -2.29. The molecule has 1 fully saturated rings. The van der Waals surface area contributed by atoms with Crippen molar-refractivity contribution in [1.82, 2.24) is 14.9 Å². The van der Waals surface area contributed by atoms with Gasteiger partial charge in [0, 0.05) is 29.0 Å². The summed E-state index contributed by atoms with van der Waals surface area (Å²) < 4.78 is 29.7. The molecular weight excluding hydrogens is 450 g/mol. The zero-order chi connectivity index (χ0) is 24.0. The number of halogens is 2. The number of rotatable bonds is 4. The van der Waals surface area contributed by atoms with Gasteiger partial charge in [-0.05, 0) is 105 Å². The van der Waals surface area contributed by atoms with Gasteiger partial charge in [0.1, 0.15) is 11.6 Å². The molecule has 1 aliphatic heterocycles. The van der Waals surface area contributed by atoms with E-state index in [4.69, 9.17) is 12.2 Å². The topological polar surface area (TPSA) is 33.1 Å². The summed E-state index contributed by atoms with van der Waals surface area (Å²) in [4.78, 5) is 6.64. The van der Waals surface area contributed by atoms with Gasteiger partial charge in [-0.1, -0.05) is 6.07 Å². The Morgan fingerprint density at radius 3 is 2.32 bits per heavy atom. The van der Waals surface area contributed by atoms with Gasteiger partial charge in [-0.2, -0.15) is 0 Å². The number of nitrogens with zero attached hydrogens (tertiary/aromatic N) is 3. The van der Waals surface area contributed by atoms with E-state index >= 15 is 0 Å². The van der Waals surface area contributed by atoms with E-state index < -0.39 is 0 Å². The molecule has 5 rings (SSSR count). The Morgan fingerprint density at radius 2 is 1.65 bits per heavy atom. The summed E-state index contributed by atoms with van der Waals surface area (Å²) in [5.41, 5.74) is 6.21. The predicted octanol–water partition coefficient (Wildman–Crippen LogP) is 6.25. The van der Waals surface area contributed by atoms with Crippen LogP contribution in [0.3, 0.4) is 0 Å². The molecule has 0 spiro atoms. The zero-order valence-corrected chi connectivity index (χ0v) is 19.9. The number of aromatic nitrogens is 2. The first-order chi connectivity index (χ1) is 16.3. The summed E-state index contributed by atoms with van der Waals surface area (Å²) in [6.45, 7) is 5.83. The molecular formula is C27H24F2N4S. The number of thiocarbonyl (C=S) groups is 1. The number of benzene rings is 2. The van der Waals surface area contributed by atoms with Crippen molar-refractivity contribution in [3.8, 4) is 5.69 Å². The highest BCUT2D eigenvalue weighted by Crippen LogP contribution is 2.44. The number of hydrogen-bond acceptors (Lipinski definition) is 2. The van der Waals surface area contributed by atoms with Gasteiger partial charge in [-0.3, -0.25) is 4.98 Å². The van der Waals surface area contributed by atoms with Gasteiger partial charge >= 0.3 is 0 Å². The molecule has 1 saturated heterocycles. The van der Waals surface area contributed by atoms with Crippen molar-refractivity contribution in [2.24, 2.45) is 0 Å². The normalized spacial score (nSPS) is 17.8. The quantitative estimate of drug-likeness (QED) is 0.354. The van der Waals surface area contributed by atoms with Crippen molar-refractivity contribution in [2.45, 2.75) is 32.9 Å². The second-order valence-electron chi connectivity index (χ2n) is 8.57. The van der Waals surface area contributed by atoms with E-state index in [0.717, 1.165) is 34.0 Å². The fourth-order valence-corrected chi connectivity index (χ4v) is 5.15. The Morgan fingerprint density at radius 1 is 0.912 bits per heavy atom. The number of aryl methyl sites for hydroxylation is 2. The second kappa shape index (κ2) is 8.65. The van der Waals surface area contributed by atoms with Crippen LogP contribution in [0.2, 0.25) is 0 Å². The number of hydrogen-bond donors (Lipinski definition) is 1. The van der Waals surface area contributed by atoms with E-state index in [1.54, 1.807) is 31.3 Å². The number of pyridine rings is 1. The average Bonchev–Trinajstić information content (AvgIpc) is 3.32. The van der Waals surface area contributed by atoms with E-state index in [1.807, 2.05) is 36.1 Å². The van der Waals surface area contributed by atoms with Crippen LogP contribution in [0.25, 0.3) is 5.69 Å². The van der Waals surface area contributed by atoms with E-state index in [9.17, 15) is 8.78 Å². The monoisotopic (exact) mass is 474 g/mol. The highest BCUT2D eigenvalue weighted by Gasteiger charge is 2.42. The zero-order valence-electron chi connectivity index (χ0n) is 19.1. The van der Waals surface area contributed by atoms with Gasteiger partial charge in [-0.25, -0.2) is 8.78 Å². The van der Waals surface area contributed by atoms with Crippen LogP contribution in [0.1, 0.15) is 40.3 Å². The third-order valence-corrected chi connectivity index (χ3v) is 6.71. The van der Waals surface area contributed by atoms with Crippen LogP contribution in [0.4, 0.5) is 14.5 Å². The lowest BCUT2D eigenvalue weighted by molar-refractivity contribution is 0.564. The summed E-state index contributed by atoms with van der Waals surface area (Å²) in [5.74, 6) is -0.529. The Hall–Kier alpha value is -3.58. The van der Waals surface area contributed by atoms with Crippen molar-refractivity contribution < 1.29 is 8.78 Å². The molecule has 0 bridgehead atoms. The smallest absolute Gasteiger partial charge is 0.174 e. The van der Waals surface area contributed by atoms with E-state index in [-0.39, 0.29) is 23.7 Å². The van der Waals surface area contributed by atoms with Gasteiger partial charge in [0.25, 0.3) is 0 Å². The van der Waals surface area contributed by atoms with Crippen LogP contribution >= 0.6 is 12.2 Å². The predicted molar refractivity (Wildman–Crippen MR) is 134 cm³/mol. The van der Waals surface area contributed by atoms with Gasteiger partial charge in [0.15, 0.2) is 5.11 Å². The summed E-state index contributed by atoms with van der Waals surface area (Å²) in [7, 11) is 0. The largest absolute Gasteiger partial charge is 0.351 e. The van der Waals surface area contributed by atoms with Crippen LogP contribution in [-0.4, -0.2) is 14.7 Å². The summed E-state index contributed by atoms with van der Waals surface area (Å²) in [6.07, 6.45) is 1.77. The van der Waals surface area contributed by atoms with Crippen molar-refractivity contribution in [1.29, 1.82) is 0 Å². The molecule has 34 heavy (non-hydrogen) atoms. The fourth-order valence-electron chi connectivity index (χ4n) is 4.80. The molecule has 7 heteroatoms. The van der Waals surface area contributed by atoms with Gasteiger partial charge < -0.3 is 14.8 Å². The SMILES string of the molecule is Cc1cc(N2C(=S)N[C@H](c3ccccn3)[C@@H]2c2cc(C)n(-c3ccc(F)cc3)c2C)ccc1F. The summed E-state index contributed by atoms with van der Waals surface area (Å²) in [5, 5.41) is 4.00. The first-order valence-electron chi connectivity index (χ1n) is 11.1. The molecule has 2 aromatic carbocycles. The Bertz CT molecular complexity index is 1370. The average molecular weight is 475 g/mol. The maximum Gasteiger partial charge on any atom is 0.174 e. The van der Waals surface area contributed by atoms with E-state index in [1.165, 1.54) is 18.2 Å². The Balaban J connectivity index is 1.68. The van der Waals surface area contributed by atoms with Crippen LogP contribution < -0.4 is 10.2 Å². The maximum atomic E-state index is 14.1. The molecule has 2 atom stereocenters. The molecule has 2 aromatic heterocycles. The molecule has 1 aliphatic rings. The fraction of sp³-hybridized carbons (Fsp3) is 0.185. The molecule has 4 nitrogen and oxygen atoms in total. The number of nitrogens with one attached hydrogen (secondary N) is 1. The van der Waals surface area contributed by atoms with Crippen molar-refractivity contribution in [2.75, 3.05) is 4.90 Å². The minimum absolute atomic E-state index is 0.207. The van der Waals surface area contributed by atoms with Gasteiger partial charge in [0.2, 0.25) is 0 Å². The molecule has 1 N–H and O–H groups in total. The highest BCUT2D eigenvalue weighted by atomic mass is 32.1. The minimum atomic E-state index is -0.273. The summed E-state index contributed by atoms with van der Waals surface area (Å²) in [6, 6.07) is 19.0. The van der Waals surface area contributed by atoms with Crippen LogP contribution in [0.5, 0.6) is 0 Å². The lowest BCUT2D eigenvalue weighted by Gasteiger charge is -2.28. The van der Waals surface area contributed by atoms with Crippen molar-refractivity contribution in [3.63, 3.8) is 0 Å². The lowest BCUT2D eigenvalue weighted by atomic mass is 9.96. The van der Waals surface area contributed by atoms with Gasteiger partial charge in [-0.15, -0.1) is 0 Å². The molecule has 172 valence electrons. The highest BCUT2D eigenvalue weighted by molar-refractivity contribution is 7.80. The van der Waals surface area contributed by atoms with Crippen molar-refractivity contribution in [3.05, 3.63) is 113 Å². The first-order valence-corrected chi connectivity index (χ1v) is 11.5. The van der Waals surface area contributed by atoms with E-state index in [2.05, 4.69) is 27.9 Å². The van der Waals surface area contributed by atoms with Crippen molar-refractivity contribution >= 4 is 23.0 Å². The molecule has 3 heterocycles. The van der Waals surface area contributed by atoms with Crippen LogP contribution in [0, 0.1) is 32.4 Å². The standard InChI is InChI=1S/C27H24F2N4S/c1-16-14-21(11-12-23(16)29)33-26(25(31-27(33)34)24-6-4-5-13-30-24)22-15-17(2)32(18(22)3)20-9-7-19(28)8-10-20/h4-15,25-26H,1-3H3,(H,31,34)/t25-,26+/m1/s1. The first kappa shape index (κ1) is 22.2. The third-order valence-electron chi connectivity index (χ3n) is 6.39. The molecule has 0 radical (unpaired) electrons. The van der Waals surface area contributed by atoms with Crippen LogP contribution in [-0.2, 0) is 0 Å². The Labute approximate surface area is 202 Å². The second-order valence-corrected chi connectivity index (χ2v) is 8.96. The molecule has 4 aromatic rings. The Kier molecular flexibility index (Phi) is 5.65. The van der Waals surface area contributed by atoms with Gasteiger partial charge in [0.05, 0.1) is 17.8 Å². The minimum Gasteiger partial charge on any atom is -0.351 e. The molecule has 0 aliphatic carbocycles. The third kappa shape index (κ3) is 3.76. The molecule has 0 unspecified atom stereocenters. The molecule has 0 saturated carbocycles. The van der Waals surface area contributed by atoms with E-state index in [0.29, 0.717) is 10.7 Å². The number of anilines is 1.